The van der Waals surface area contributed by atoms with Gasteiger partial charge in [-0.05, 0) is 42.9 Å². The SMILES string of the molecule is COc1cc(CN(C)CCOc2ccccc2)c(N(CCO)S(=O)(=O)c2cccc3cccnc23)cc1OC. The molecule has 39 heavy (non-hydrogen) atoms. The van der Waals surface area contributed by atoms with Crippen molar-refractivity contribution in [2.45, 2.75) is 11.4 Å². The molecule has 0 radical (unpaired) electrons. The number of sulfonamides is 1. The van der Waals surface area contributed by atoms with Crippen molar-refractivity contribution >= 4 is 26.6 Å². The van der Waals surface area contributed by atoms with E-state index in [1.807, 2.05) is 54.4 Å². The minimum absolute atomic E-state index is 0.0550. The van der Waals surface area contributed by atoms with Gasteiger partial charge in [0.2, 0.25) is 0 Å². The van der Waals surface area contributed by atoms with Crippen LogP contribution in [0.2, 0.25) is 0 Å². The lowest BCUT2D eigenvalue weighted by atomic mass is 10.1. The highest BCUT2D eigenvalue weighted by molar-refractivity contribution is 7.93. The quantitative estimate of drug-likeness (QED) is 0.267. The first-order chi connectivity index (χ1) is 18.9. The molecule has 0 aliphatic heterocycles. The molecule has 0 fully saturated rings. The molecule has 0 saturated carbocycles. The first kappa shape index (κ1) is 28.2. The molecule has 0 spiro atoms. The third-order valence-corrected chi connectivity index (χ3v) is 8.09. The Balaban J connectivity index is 1.71. The number of pyridine rings is 1. The fourth-order valence-corrected chi connectivity index (χ4v) is 5.99. The molecule has 4 rings (SSSR count). The summed E-state index contributed by atoms with van der Waals surface area (Å²) >= 11 is 0. The molecular weight excluding hydrogens is 518 g/mol. The third-order valence-electron chi connectivity index (χ3n) is 6.25. The van der Waals surface area contributed by atoms with E-state index in [2.05, 4.69) is 4.98 Å². The molecule has 0 aliphatic rings. The van der Waals surface area contributed by atoms with Crippen molar-refractivity contribution < 1.29 is 27.7 Å². The van der Waals surface area contributed by atoms with Crippen molar-refractivity contribution in [3.63, 3.8) is 0 Å². The van der Waals surface area contributed by atoms with Gasteiger partial charge in [0, 0.05) is 30.7 Å². The molecule has 0 aliphatic carbocycles. The largest absolute Gasteiger partial charge is 0.493 e. The molecule has 0 saturated heterocycles. The molecule has 0 bridgehead atoms. The lowest BCUT2D eigenvalue weighted by Gasteiger charge is -2.29. The van der Waals surface area contributed by atoms with E-state index in [4.69, 9.17) is 14.2 Å². The number of ether oxygens (including phenoxy) is 3. The minimum Gasteiger partial charge on any atom is -0.493 e. The Morgan fingerprint density at radius 3 is 2.33 bits per heavy atom. The van der Waals surface area contributed by atoms with Crippen LogP contribution in [0, 0.1) is 0 Å². The number of nitrogens with zero attached hydrogens (tertiary/aromatic N) is 3. The second kappa shape index (κ2) is 12.8. The summed E-state index contributed by atoms with van der Waals surface area (Å²) in [6.07, 6.45) is 1.56. The normalized spacial score (nSPS) is 11.5. The van der Waals surface area contributed by atoms with Crippen LogP contribution in [0.25, 0.3) is 10.9 Å². The van der Waals surface area contributed by atoms with Crippen molar-refractivity contribution in [1.29, 1.82) is 0 Å². The summed E-state index contributed by atoms with van der Waals surface area (Å²) in [5.74, 6) is 1.63. The van der Waals surface area contributed by atoms with E-state index in [0.29, 0.717) is 53.3 Å². The fourth-order valence-electron chi connectivity index (χ4n) is 4.34. The van der Waals surface area contributed by atoms with Crippen molar-refractivity contribution in [2.75, 3.05) is 51.9 Å². The van der Waals surface area contributed by atoms with Crippen LogP contribution in [0.3, 0.4) is 0 Å². The average Bonchev–Trinajstić information content (AvgIpc) is 2.96. The molecule has 0 atom stereocenters. The lowest BCUT2D eigenvalue weighted by Crippen LogP contribution is -2.35. The van der Waals surface area contributed by atoms with Crippen LogP contribution in [0.1, 0.15) is 5.56 Å². The number of aliphatic hydroxyl groups excluding tert-OH is 1. The number of fused-ring (bicyclic) bond motifs is 1. The van der Waals surface area contributed by atoms with Gasteiger partial charge >= 0.3 is 0 Å². The van der Waals surface area contributed by atoms with Crippen molar-refractivity contribution in [1.82, 2.24) is 9.88 Å². The first-order valence-electron chi connectivity index (χ1n) is 12.5. The maximum atomic E-state index is 14.1. The van der Waals surface area contributed by atoms with Gasteiger partial charge in [0.05, 0.1) is 38.6 Å². The van der Waals surface area contributed by atoms with Crippen LogP contribution in [0.5, 0.6) is 17.2 Å². The maximum Gasteiger partial charge on any atom is 0.266 e. The molecule has 206 valence electrons. The van der Waals surface area contributed by atoms with E-state index in [-0.39, 0.29) is 18.0 Å². The Hall–Kier alpha value is -3.86. The number of methoxy groups -OCH3 is 2. The average molecular weight is 552 g/mol. The number of likely N-dealkylation sites (N-methyl/N-ethyl adjacent to an activating group) is 1. The molecule has 1 aromatic heterocycles. The fraction of sp³-hybridized carbons (Fsp3) is 0.276. The second-order valence-corrected chi connectivity index (χ2v) is 10.7. The van der Waals surface area contributed by atoms with Crippen LogP contribution < -0.4 is 18.5 Å². The van der Waals surface area contributed by atoms with Gasteiger partial charge in [-0.25, -0.2) is 8.42 Å². The molecular formula is C29H33N3O6S. The zero-order valence-electron chi connectivity index (χ0n) is 22.3. The summed E-state index contributed by atoms with van der Waals surface area (Å²) < 4.78 is 46.3. The highest BCUT2D eigenvalue weighted by Gasteiger charge is 2.30. The summed E-state index contributed by atoms with van der Waals surface area (Å²) in [6, 6.07) is 21.5. The van der Waals surface area contributed by atoms with Crippen molar-refractivity contribution in [2.24, 2.45) is 0 Å². The Labute approximate surface area is 229 Å². The number of benzene rings is 3. The molecule has 1 heterocycles. The number of aliphatic hydroxyl groups is 1. The molecule has 9 nitrogen and oxygen atoms in total. The zero-order chi connectivity index (χ0) is 27.8. The number of rotatable bonds is 13. The van der Waals surface area contributed by atoms with Crippen LogP contribution in [-0.2, 0) is 16.6 Å². The van der Waals surface area contributed by atoms with Crippen LogP contribution in [0.15, 0.2) is 83.9 Å². The van der Waals surface area contributed by atoms with E-state index >= 15 is 0 Å². The predicted molar refractivity (Wildman–Crippen MR) is 151 cm³/mol. The molecule has 4 aromatic rings. The topological polar surface area (TPSA) is 101 Å². The molecule has 0 unspecified atom stereocenters. The number of anilines is 1. The standard InChI is InChI=1S/C29H33N3O6S/c1-31(16-18-38-24-11-5-4-6-12-24)21-23-19-26(36-2)27(37-3)20-25(23)32(15-17-33)39(34,35)28-13-7-9-22-10-8-14-30-29(22)28/h4-14,19-20,33H,15-18,21H2,1-3H3. The van der Waals surface area contributed by atoms with Gasteiger partial charge in [-0.2, -0.15) is 0 Å². The van der Waals surface area contributed by atoms with E-state index in [1.54, 1.807) is 30.5 Å². The number of hydrogen-bond acceptors (Lipinski definition) is 8. The van der Waals surface area contributed by atoms with Gasteiger partial charge in [0.15, 0.2) is 11.5 Å². The smallest absolute Gasteiger partial charge is 0.266 e. The molecule has 3 aromatic carbocycles. The van der Waals surface area contributed by atoms with Gasteiger partial charge < -0.3 is 19.3 Å². The highest BCUT2D eigenvalue weighted by Crippen LogP contribution is 2.38. The van der Waals surface area contributed by atoms with Gasteiger partial charge in [0.25, 0.3) is 10.0 Å². The van der Waals surface area contributed by atoms with E-state index < -0.39 is 10.0 Å². The van der Waals surface area contributed by atoms with Gasteiger partial charge in [-0.1, -0.05) is 36.4 Å². The lowest BCUT2D eigenvalue weighted by molar-refractivity contribution is 0.232. The monoisotopic (exact) mass is 551 g/mol. The molecule has 1 N–H and O–H groups in total. The zero-order valence-corrected chi connectivity index (χ0v) is 23.1. The van der Waals surface area contributed by atoms with Crippen molar-refractivity contribution in [3.8, 4) is 17.2 Å². The second-order valence-electron chi connectivity index (χ2n) is 8.87. The number of para-hydroxylation sites is 2. The molecule has 0 amide bonds. The number of hydrogen-bond donors (Lipinski definition) is 1. The summed E-state index contributed by atoms with van der Waals surface area (Å²) in [5.41, 5.74) is 1.42. The van der Waals surface area contributed by atoms with Crippen LogP contribution in [0.4, 0.5) is 5.69 Å². The summed E-state index contributed by atoms with van der Waals surface area (Å²) in [5, 5.41) is 10.6. The first-order valence-corrected chi connectivity index (χ1v) is 13.9. The van der Waals surface area contributed by atoms with Crippen LogP contribution in [-0.4, -0.2) is 71.0 Å². The summed E-state index contributed by atoms with van der Waals surface area (Å²) in [7, 11) is 0.822. The summed E-state index contributed by atoms with van der Waals surface area (Å²) in [6.45, 7) is 0.881. The maximum absolute atomic E-state index is 14.1. The number of aromatic nitrogens is 1. The van der Waals surface area contributed by atoms with E-state index in [9.17, 15) is 13.5 Å². The highest BCUT2D eigenvalue weighted by atomic mass is 32.2. The predicted octanol–water partition coefficient (Wildman–Crippen LogP) is 3.95. The minimum atomic E-state index is -4.13. The third kappa shape index (κ3) is 6.42. The van der Waals surface area contributed by atoms with Gasteiger partial charge in [-0.3, -0.25) is 14.2 Å². The Kier molecular flexibility index (Phi) is 9.23. The Morgan fingerprint density at radius 2 is 1.62 bits per heavy atom. The Morgan fingerprint density at radius 1 is 0.897 bits per heavy atom. The van der Waals surface area contributed by atoms with E-state index in [1.165, 1.54) is 24.6 Å². The van der Waals surface area contributed by atoms with Gasteiger partial charge in [0.1, 0.15) is 17.3 Å². The van der Waals surface area contributed by atoms with E-state index in [0.717, 1.165) is 5.75 Å². The Bertz CT molecular complexity index is 1490. The van der Waals surface area contributed by atoms with Crippen molar-refractivity contribution in [3.05, 3.63) is 84.6 Å². The van der Waals surface area contributed by atoms with Gasteiger partial charge in [-0.15, -0.1) is 0 Å². The summed E-state index contributed by atoms with van der Waals surface area (Å²) in [4.78, 5) is 6.42. The molecule has 10 heteroatoms. The van der Waals surface area contributed by atoms with Crippen LogP contribution >= 0.6 is 0 Å².